The fraction of sp³-hybridized carbons (Fsp3) is 0.571. The van der Waals surface area contributed by atoms with Gasteiger partial charge in [0.05, 0.1) is 6.10 Å². The normalized spacial score (nSPS) is 28.4. The predicted molar refractivity (Wildman–Crippen MR) is 65.5 cm³/mol. The van der Waals surface area contributed by atoms with Crippen LogP contribution in [0.2, 0.25) is 0 Å². The third-order valence-electron chi connectivity index (χ3n) is 3.31. The van der Waals surface area contributed by atoms with Crippen molar-refractivity contribution in [3.05, 3.63) is 24.0 Å². The van der Waals surface area contributed by atoms with E-state index < -0.39 is 0 Å². The van der Waals surface area contributed by atoms with Crippen molar-refractivity contribution >= 4 is 0 Å². The van der Waals surface area contributed by atoms with Crippen LogP contribution in [-0.2, 0) is 0 Å². The third kappa shape index (κ3) is 2.97. The average Bonchev–Trinajstić information content (AvgIpc) is 2.28. The first-order valence-corrected chi connectivity index (χ1v) is 6.20. The Balaban J connectivity index is 2.08. The monoisotopic (exact) mass is 230 g/mol. The molecule has 1 aromatic rings. The molecule has 1 aliphatic carbocycles. The zero-order valence-corrected chi connectivity index (χ0v) is 10.4. The van der Waals surface area contributed by atoms with E-state index in [-0.39, 0.29) is 6.10 Å². The smallest absolute Gasteiger partial charge is 0.182 e. The van der Waals surface area contributed by atoms with Crippen LogP contribution < -0.4 is 4.74 Å². The van der Waals surface area contributed by atoms with Crippen LogP contribution in [0.15, 0.2) is 18.3 Å². The van der Waals surface area contributed by atoms with Crippen molar-refractivity contribution in [2.24, 2.45) is 11.8 Å². The van der Waals surface area contributed by atoms with Gasteiger partial charge >= 0.3 is 0 Å². The summed E-state index contributed by atoms with van der Waals surface area (Å²) in [6, 6.07) is 5.71. The number of ether oxygens (including phenoxy) is 1. The van der Waals surface area contributed by atoms with E-state index in [9.17, 15) is 0 Å². The van der Waals surface area contributed by atoms with Crippen LogP contribution in [0.1, 0.15) is 38.8 Å². The summed E-state index contributed by atoms with van der Waals surface area (Å²) in [4.78, 5) is 4.01. The molecule has 0 radical (unpaired) electrons. The Morgan fingerprint density at radius 3 is 2.65 bits per heavy atom. The highest BCUT2D eigenvalue weighted by atomic mass is 16.5. The van der Waals surface area contributed by atoms with Crippen molar-refractivity contribution in [2.45, 2.75) is 39.2 Å². The van der Waals surface area contributed by atoms with Gasteiger partial charge in [0.2, 0.25) is 0 Å². The van der Waals surface area contributed by atoms with Crippen molar-refractivity contribution < 1.29 is 4.74 Å². The lowest BCUT2D eigenvalue weighted by Gasteiger charge is -2.31. The van der Waals surface area contributed by atoms with Crippen molar-refractivity contribution in [2.75, 3.05) is 0 Å². The van der Waals surface area contributed by atoms with Crippen LogP contribution in [0.5, 0.6) is 5.75 Å². The van der Waals surface area contributed by atoms with E-state index in [1.807, 2.05) is 12.1 Å². The highest BCUT2D eigenvalue weighted by molar-refractivity contribution is 5.36. The van der Waals surface area contributed by atoms with E-state index in [2.05, 4.69) is 24.9 Å². The minimum Gasteiger partial charge on any atom is -0.487 e. The Bertz CT molecular complexity index is 414. The van der Waals surface area contributed by atoms with Crippen molar-refractivity contribution in [3.63, 3.8) is 0 Å². The second-order valence-corrected chi connectivity index (χ2v) is 5.12. The summed E-state index contributed by atoms with van der Waals surface area (Å²) in [7, 11) is 0. The van der Waals surface area contributed by atoms with Gasteiger partial charge in [-0.25, -0.2) is 4.98 Å². The third-order valence-corrected chi connectivity index (χ3v) is 3.31. The summed E-state index contributed by atoms with van der Waals surface area (Å²) < 4.78 is 5.93. The molecule has 17 heavy (non-hydrogen) atoms. The number of aromatic nitrogens is 1. The van der Waals surface area contributed by atoms with Gasteiger partial charge in [0.1, 0.15) is 6.07 Å². The number of nitrogens with zero attached hydrogens (tertiary/aromatic N) is 2. The summed E-state index contributed by atoms with van der Waals surface area (Å²) in [5, 5.41) is 8.96. The van der Waals surface area contributed by atoms with E-state index in [1.54, 1.807) is 6.20 Å². The molecule has 2 unspecified atom stereocenters. The molecule has 0 aliphatic heterocycles. The van der Waals surface area contributed by atoms with E-state index in [0.717, 1.165) is 12.8 Å². The van der Waals surface area contributed by atoms with E-state index in [4.69, 9.17) is 10.00 Å². The molecule has 1 aromatic heterocycles. The van der Waals surface area contributed by atoms with Crippen LogP contribution in [0.25, 0.3) is 0 Å². The highest BCUT2D eigenvalue weighted by Gasteiger charge is 2.25. The Hall–Kier alpha value is -1.56. The lowest BCUT2D eigenvalue weighted by Crippen LogP contribution is -2.28. The van der Waals surface area contributed by atoms with Crippen LogP contribution >= 0.6 is 0 Å². The standard InChI is InChI=1S/C14H18N2O/c1-10-6-11(2)8-12(7-10)17-14-4-3-5-16-13(14)9-15/h3-5,10-12H,6-8H2,1-2H3. The van der Waals surface area contributed by atoms with Gasteiger partial charge in [-0.1, -0.05) is 13.8 Å². The molecule has 3 nitrogen and oxygen atoms in total. The summed E-state index contributed by atoms with van der Waals surface area (Å²) in [5.74, 6) is 2.03. The first kappa shape index (κ1) is 11.9. The molecular formula is C14H18N2O. The van der Waals surface area contributed by atoms with Gasteiger partial charge in [-0.3, -0.25) is 0 Å². The van der Waals surface area contributed by atoms with Crippen molar-refractivity contribution in [3.8, 4) is 11.8 Å². The largest absolute Gasteiger partial charge is 0.487 e. The Morgan fingerprint density at radius 1 is 1.29 bits per heavy atom. The second-order valence-electron chi connectivity index (χ2n) is 5.12. The van der Waals surface area contributed by atoms with Gasteiger partial charge < -0.3 is 4.74 Å². The average molecular weight is 230 g/mol. The Kier molecular flexibility index (Phi) is 3.63. The summed E-state index contributed by atoms with van der Waals surface area (Å²) >= 11 is 0. The predicted octanol–water partition coefficient (Wildman–Crippen LogP) is 3.16. The van der Waals surface area contributed by atoms with E-state index in [0.29, 0.717) is 23.3 Å². The highest BCUT2D eigenvalue weighted by Crippen LogP contribution is 2.31. The molecule has 0 saturated heterocycles. The molecule has 0 spiro atoms. The van der Waals surface area contributed by atoms with Gasteiger partial charge in [0.25, 0.3) is 0 Å². The number of hydrogen-bond donors (Lipinski definition) is 0. The topological polar surface area (TPSA) is 45.9 Å². The first-order valence-electron chi connectivity index (χ1n) is 6.20. The fourth-order valence-electron chi connectivity index (χ4n) is 2.72. The molecule has 0 amide bonds. The van der Waals surface area contributed by atoms with E-state index in [1.165, 1.54) is 6.42 Å². The zero-order chi connectivity index (χ0) is 12.3. The second kappa shape index (κ2) is 5.18. The SMILES string of the molecule is CC1CC(C)CC(Oc2cccnc2C#N)C1. The quantitative estimate of drug-likeness (QED) is 0.784. The van der Waals surface area contributed by atoms with Gasteiger partial charge in [0.15, 0.2) is 11.4 Å². The molecule has 2 rings (SSSR count). The summed E-state index contributed by atoms with van der Waals surface area (Å²) in [6.07, 6.45) is 5.27. The van der Waals surface area contributed by atoms with Gasteiger partial charge in [-0.05, 0) is 43.2 Å². The summed E-state index contributed by atoms with van der Waals surface area (Å²) in [6.45, 7) is 4.53. The number of rotatable bonds is 2. The maximum absolute atomic E-state index is 8.96. The van der Waals surface area contributed by atoms with Crippen LogP contribution in [0.3, 0.4) is 0 Å². The molecule has 1 aliphatic rings. The van der Waals surface area contributed by atoms with Crippen LogP contribution in [0.4, 0.5) is 0 Å². The minimum atomic E-state index is 0.227. The lowest BCUT2D eigenvalue weighted by molar-refractivity contribution is 0.100. The van der Waals surface area contributed by atoms with Crippen LogP contribution in [-0.4, -0.2) is 11.1 Å². The molecule has 3 heteroatoms. The molecule has 2 atom stereocenters. The molecule has 1 fully saturated rings. The van der Waals surface area contributed by atoms with Gasteiger partial charge in [0, 0.05) is 6.20 Å². The number of pyridine rings is 1. The molecule has 90 valence electrons. The van der Waals surface area contributed by atoms with Gasteiger partial charge in [-0.2, -0.15) is 5.26 Å². The summed E-state index contributed by atoms with van der Waals surface area (Å²) in [5.41, 5.74) is 0.387. The van der Waals surface area contributed by atoms with Crippen molar-refractivity contribution in [1.82, 2.24) is 4.98 Å². The van der Waals surface area contributed by atoms with Gasteiger partial charge in [-0.15, -0.1) is 0 Å². The maximum Gasteiger partial charge on any atom is 0.182 e. The molecule has 0 N–H and O–H groups in total. The Morgan fingerprint density at radius 2 is 2.00 bits per heavy atom. The molecule has 1 heterocycles. The van der Waals surface area contributed by atoms with Crippen LogP contribution in [0, 0.1) is 23.2 Å². The lowest BCUT2D eigenvalue weighted by atomic mass is 9.82. The molecule has 0 bridgehead atoms. The molecule has 0 aromatic carbocycles. The molecule has 1 saturated carbocycles. The first-order chi connectivity index (χ1) is 8.19. The fourth-order valence-corrected chi connectivity index (χ4v) is 2.72. The van der Waals surface area contributed by atoms with E-state index >= 15 is 0 Å². The maximum atomic E-state index is 8.96. The van der Waals surface area contributed by atoms with Crippen molar-refractivity contribution in [1.29, 1.82) is 5.26 Å². The number of hydrogen-bond acceptors (Lipinski definition) is 3. The zero-order valence-electron chi connectivity index (χ0n) is 10.4. The molecular weight excluding hydrogens is 212 g/mol. The number of nitriles is 1. The minimum absolute atomic E-state index is 0.227. The Labute approximate surface area is 102 Å².